The molecule has 0 aliphatic heterocycles. The third-order valence-corrected chi connectivity index (χ3v) is 2.72. The van der Waals surface area contributed by atoms with Gasteiger partial charge >= 0.3 is 0 Å². The molecule has 0 aliphatic carbocycles. The van der Waals surface area contributed by atoms with Crippen LogP contribution in [0.4, 0.5) is 0 Å². The van der Waals surface area contributed by atoms with E-state index in [1.54, 1.807) is 0 Å². The van der Waals surface area contributed by atoms with Crippen molar-refractivity contribution in [2.45, 2.75) is 12.6 Å². The average molecular weight is 255 g/mol. The van der Waals surface area contributed by atoms with Gasteiger partial charge in [0.2, 0.25) is 0 Å². The summed E-state index contributed by atoms with van der Waals surface area (Å²) in [6, 6.07) is 16.1. The minimum absolute atomic E-state index is 0.0797. The predicted molar refractivity (Wildman–Crippen MR) is 76.1 cm³/mol. The summed E-state index contributed by atoms with van der Waals surface area (Å²) in [6.45, 7) is 5.03. The van der Waals surface area contributed by atoms with E-state index in [-0.39, 0.29) is 6.04 Å². The Balaban J connectivity index is 1.78. The Bertz CT molecular complexity index is 485. The summed E-state index contributed by atoms with van der Waals surface area (Å²) in [4.78, 5) is 0. The van der Waals surface area contributed by atoms with Crippen LogP contribution in [0.1, 0.15) is 5.56 Å². The molecule has 0 saturated carbocycles. The Morgan fingerprint density at radius 1 is 1.11 bits per heavy atom. The molecule has 0 amide bonds. The molecule has 2 rings (SSSR count). The van der Waals surface area contributed by atoms with Crippen molar-refractivity contribution < 1.29 is 9.41 Å². The van der Waals surface area contributed by atoms with E-state index in [0.717, 1.165) is 0 Å². The summed E-state index contributed by atoms with van der Waals surface area (Å²) < 4.78 is 7.60. The van der Waals surface area contributed by atoms with Crippen molar-refractivity contribution in [1.82, 2.24) is 0 Å². The molecule has 19 heavy (non-hydrogen) atoms. The first kappa shape index (κ1) is 13.3. The molecule has 1 N–H and O–H groups in total. The lowest BCUT2D eigenvalue weighted by Gasteiger charge is -2.11. The molecule has 0 spiro atoms. The summed E-state index contributed by atoms with van der Waals surface area (Å²) >= 11 is 0. The minimum Gasteiger partial charge on any atom is -0.374 e. The molecule has 1 atom stereocenters. The maximum Gasteiger partial charge on any atom is 0.199 e. The quantitative estimate of drug-likeness (QED) is 0.606. The lowest BCUT2D eigenvalue weighted by atomic mass is 10.2. The molecule has 0 radical (unpaired) electrons. The normalized spacial score (nSPS) is 11.8. The molecule has 3 heteroatoms. The van der Waals surface area contributed by atoms with E-state index in [1.807, 2.05) is 59.5 Å². The maximum absolute atomic E-state index is 5.70. The van der Waals surface area contributed by atoms with Gasteiger partial charge in [0, 0.05) is 12.1 Å². The second-order valence-electron chi connectivity index (χ2n) is 4.25. The van der Waals surface area contributed by atoms with Crippen LogP contribution in [-0.4, -0.2) is 12.6 Å². The van der Waals surface area contributed by atoms with Crippen LogP contribution in [0, 0.1) is 0 Å². The van der Waals surface area contributed by atoms with Crippen LogP contribution in [0.2, 0.25) is 0 Å². The highest BCUT2D eigenvalue weighted by Crippen LogP contribution is 2.01. The molecule has 0 bridgehead atoms. The van der Waals surface area contributed by atoms with E-state index >= 15 is 0 Å². The smallest absolute Gasteiger partial charge is 0.199 e. The Morgan fingerprint density at radius 3 is 2.47 bits per heavy atom. The molecule has 1 aromatic heterocycles. The summed E-state index contributed by atoms with van der Waals surface area (Å²) in [5.74, 6) is 0. The van der Waals surface area contributed by atoms with Gasteiger partial charge in [0.05, 0.1) is 13.2 Å². The second kappa shape index (κ2) is 7.34. The molecular formula is C16H19N2O+. The maximum atomic E-state index is 5.70. The van der Waals surface area contributed by atoms with Gasteiger partial charge in [0.1, 0.15) is 6.04 Å². The van der Waals surface area contributed by atoms with E-state index in [0.29, 0.717) is 13.2 Å². The minimum atomic E-state index is 0.0797. The first-order valence-corrected chi connectivity index (χ1v) is 6.35. The first-order valence-electron chi connectivity index (χ1n) is 6.35. The highest BCUT2D eigenvalue weighted by atomic mass is 16.5. The topological polar surface area (TPSA) is 25.1 Å². The van der Waals surface area contributed by atoms with Crippen molar-refractivity contribution in [2.24, 2.45) is 0 Å². The number of aromatic nitrogens is 1. The lowest BCUT2D eigenvalue weighted by molar-refractivity contribution is -0.652. The van der Waals surface area contributed by atoms with E-state index in [9.17, 15) is 0 Å². The zero-order chi connectivity index (χ0) is 13.3. The Labute approximate surface area is 114 Å². The SMILES string of the molecule is C=C[C@@H](COCc1ccccc1)N[n+]1ccccc1. The molecular weight excluding hydrogens is 236 g/mol. The molecule has 0 unspecified atom stereocenters. The van der Waals surface area contributed by atoms with Crippen molar-refractivity contribution >= 4 is 0 Å². The van der Waals surface area contributed by atoms with Gasteiger partial charge in [-0.1, -0.05) is 47.2 Å². The molecule has 0 saturated heterocycles. The van der Waals surface area contributed by atoms with Gasteiger partial charge in [-0.25, -0.2) is 0 Å². The van der Waals surface area contributed by atoms with Crippen LogP contribution >= 0.6 is 0 Å². The zero-order valence-electron chi connectivity index (χ0n) is 10.9. The van der Waals surface area contributed by atoms with E-state index in [4.69, 9.17) is 4.74 Å². The Kier molecular flexibility index (Phi) is 5.14. The molecule has 0 fully saturated rings. The molecule has 0 aliphatic rings. The largest absolute Gasteiger partial charge is 0.374 e. The van der Waals surface area contributed by atoms with Gasteiger partial charge in [-0.2, -0.15) is 5.43 Å². The Morgan fingerprint density at radius 2 is 1.79 bits per heavy atom. The van der Waals surface area contributed by atoms with Crippen LogP contribution < -0.4 is 10.1 Å². The van der Waals surface area contributed by atoms with Crippen LogP contribution in [0.25, 0.3) is 0 Å². The monoisotopic (exact) mass is 255 g/mol. The zero-order valence-corrected chi connectivity index (χ0v) is 10.9. The van der Waals surface area contributed by atoms with Crippen LogP contribution in [0.15, 0.2) is 73.6 Å². The third kappa shape index (κ3) is 4.56. The van der Waals surface area contributed by atoms with Gasteiger partial charge in [-0.05, 0) is 5.56 Å². The van der Waals surface area contributed by atoms with Crippen molar-refractivity contribution in [3.05, 3.63) is 79.1 Å². The Hall–Kier alpha value is -2.13. The van der Waals surface area contributed by atoms with E-state index in [1.165, 1.54) is 5.56 Å². The number of hydrogen-bond acceptors (Lipinski definition) is 2. The van der Waals surface area contributed by atoms with Crippen LogP contribution in [0.3, 0.4) is 0 Å². The van der Waals surface area contributed by atoms with Gasteiger partial charge in [-0.3, -0.25) is 0 Å². The van der Waals surface area contributed by atoms with Crippen molar-refractivity contribution in [3.8, 4) is 0 Å². The second-order valence-corrected chi connectivity index (χ2v) is 4.25. The van der Waals surface area contributed by atoms with Gasteiger partial charge < -0.3 is 4.74 Å². The molecule has 3 nitrogen and oxygen atoms in total. The van der Waals surface area contributed by atoms with Crippen molar-refractivity contribution in [2.75, 3.05) is 12.0 Å². The molecule has 1 heterocycles. The third-order valence-electron chi connectivity index (χ3n) is 2.72. The first-order chi connectivity index (χ1) is 9.38. The summed E-state index contributed by atoms with van der Waals surface area (Å²) in [5.41, 5.74) is 4.47. The van der Waals surface area contributed by atoms with E-state index in [2.05, 4.69) is 24.1 Å². The number of benzene rings is 1. The predicted octanol–water partition coefficient (Wildman–Crippen LogP) is 2.29. The fourth-order valence-electron chi connectivity index (χ4n) is 1.71. The highest BCUT2D eigenvalue weighted by Gasteiger charge is 2.08. The molecule has 1 aromatic carbocycles. The number of rotatable bonds is 7. The van der Waals surface area contributed by atoms with Crippen molar-refractivity contribution in [1.29, 1.82) is 0 Å². The fourth-order valence-corrected chi connectivity index (χ4v) is 1.71. The van der Waals surface area contributed by atoms with Crippen LogP contribution in [0.5, 0.6) is 0 Å². The number of nitrogens with zero attached hydrogens (tertiary/aromatic N) is 1. The standard InChI is InChI=1S/C16H19N2O/c1-2-16(17-18-11-7-4-8-12-18)14-19-13-15-9-5-3-6-10-15/h2-12,16-17H,1,13-14H2/q+1/t16-/m0/s1. The van der Waals surface area contributed by atoms with E-state index < -0.39 is 0 Å². The number of nitrogens with one attached hydrogen (secondary N) is 1. The number of hydrogen-bond donors (Lipinski definition) is 1. The van der Waals surface area contributed by atoms with Crippen LogP contribution in [-0.2, 0) is 11.3 Å². The summed E-state index contributed by atoms with van der Waals surface area (Å²) in [6.07, 6.45) is 5.76. The number of ether oxygens (including phenoxy) is 1. The van der Waals surface area contributed by atoms with Crippen molar-refractivity contribution in [3.63, 3.8) is 0 Å². The molecule has 98 valence electrons. The highest BCUT2D eigenvalue weighted by molar-refractivity contribution is 5.13. The molecule has 2 aromatic rings. The average Bonchev–Trinajstić information content (AvgIpc) is 2.48. The lowest BCUT2D eigenvalue weighted by Crippen LogP contribution is -2.50. The summed E-state index contributed by atoms with van der Waals surface area (Å²) in [7, 11) is 0. The van der Waals surface area contributed by atoms with Gasteiger partial charge in [-0.15, -0.1) is 6.58 Å². The summed E-state index contributed by atoms with van der Waals surface area (Å²) in [5, 5.41) is 0. The van der Waals surface area contributed by atoms with Gasteiger partial charge in [0.15, 0.2) is 12.4 Å². The number of pyridine rings is 1. The fraction of sp³-hybridized carbons (Fsp3) is 0.188. The van der Waals surface area contributed by atoms with Gasteiger partial charge in [0.25, 0.3) is 0 Å².